The fraction of sp³-hybridized carbons (Fsp3) is 1.00. The number of rotatable bonds is 20. The van der Waals surface area contributed by atoms with Crippen molar-refractivity contribution in [3.8, 4) is 0 Å². The molecule has 140 valence electrons. The number of unbranched alkanes of at least 4 members (excludes halogenated alkanes) is 4. The van der Waals surface area contributed by atoms with Crippen molar-refractivity contribution in [3.63, 3.8) is 0 Å². The van der Waals surface area contributed by atoms with Crippen LogP contribution in [-0.2, 0) is 23.7 Å². The molecule has 0 bridgehead atoms. The lowest BCUT2D eigenvalue weighted by Gasteiger charge is -2.07. The Kier molecular flexibility index (Phi) is 23.0. The summed E-state index contributed by atoms with van der Waals surface area (Å²) in [5, 5.41) is 0. The molecule has 0 aliphatic carbocycles. The molecule has 0 rings (SSSR count). The third-order valence-corrected chi connectivity index (χ3v) is 3.54. The van der Waals surface area contributed by atoms with Crippen molar-refractivity contribution in [3.05, 3.63) is 0 Å². The van der Waals surface area contributed by atoms with E-state index in [1.165, 1.54) is 25.7 Å². The van der Waals surface area contributed by atoms with Crippen molar-refractivity contribution in [2.75, 3.05) is 70.5 Å². The molecule has 0 aromatic rings. The van der Waals surface area contributed by atoms with Crippen LogP contribution in [0.25, 0.3) is 0 Å². The first-order valence-electron chi connectivity index (χ1n) is 8.86. The third-order valence-electron chi connectivity index (χ3n) is 3.10. The van der Waals surface area contributed by atoms with Crippen LogP contribution < -0.4 is 0 Å². The van der Waals surface area contributed by atoms with Crippen molar-refractivity contribution in [1.82, 2.24) is 0 Å². The Hall–Kier alpha value is 0.530. The molecular weight excluding hydrogens is 411 g/mol. The molecule has 0 amide bonds. The van der Waals surface area contributed by atoms with Crippen LogP contribution in [0.15, 0.2) is 0 Å². The Morgan fingerprint density at radius 2 is 0.870 bits per heavy atom. The summed E-state index contributed by atoms with van der Waals surface area (Å²) in [5.74, 6) is 0. The molecule has 0 spiro atoms. The molecule has 0 heterocycles. The molecule has 0 aromatic heterocycles. The molecule has 5 nitrogen and oxygen atoms in total. The Morgan fingerprint density at radius 1 is 0.478 bits per heavy atom. The summed E-state index contributed by atoms with van der Waals surface area (Å²) in [5.41, 5.74) is 0. The van der Waals surface area contributed by atoms with E-state index in [2.05, 4.69) is 29.5 Å². The van der Waals surface area contributed by atoms with E-state index in [0.717, 1.165) is 24.1 Å². The van der Waals surface area contributed by atoms with Crippen molar-refractivity contribution in [1.29, 1.82) is 0 Å². The first-order chi connectivity index (χ1) is 11.4. The van der Waals surface area contributed by atoms with Gasteiger partial charge < -0.3 is 23.7 Å². The van der Waals surface area contributed by atoms with E-state index in [-0.39, 0.29) is 0 Å². The van der Waals surface area contributed by atoms with Gasteiger partial charge in [-0.05, 0) is 6.42 Å². The molecular formula is C17H35IO5. The summed E-state index contributed by atoms with van der Waals surface area (Å²) < 4.78 is 28.1. The van der Waals surface area contributed by atoms with Gasteiger partial charge in [-0.15, -0.1) is 0 Å². The average molecular weight is 446 g/mol. The van der Waals surface area contributed by atoms with E-state index in [0.29, 0.717) is 52.9 Å². The van der Waals surface area contributed by atoms with Gasteiger partial charge in [-0.3, -0.25) is 0 Å². The molecule has 0 aromatic carbocycles. The molecule has 0 atom stereocenters. The third kappa shape index (κ3) is 22.5. The lowest BCUT2D eigenvalue weighted by atomic mass is 10.2. The van der Waals surface area contributed by atoms with Gasteiger partial charge in [-0.1, -0.05) is 55.2 Å². The van der Waals surface area contributed by atoms with Gasteiger partial charge in [-0.25, -0.2) is 0 Å². The highest BCUT2D eigenvalue weighted by Crippen LogP contribution is 2.02. The number of alkyl halides is 1. The average Bonchev–Trinajstić information content (AvgIpc) is 2.57. The van der Waals surface area contributed by atoms with Crippen LogP contribution in [0.2, 0.25) is 0 Å². The van der Waals surface area contributed by atoms with E-state index in [1.54, 1.807) is 0 Å². The molecule has 0 fully saturated rings. The number of hydrogen-bond acceptors (Lipinski definition) is 5. The van der Waals surface area contributed by atoms with Gasteiger partial charge in [0.05, 0.1) is 59.5 Å². The maximum absolute atomic E-state index is 5.52. The van der Waals surface area contributed by atoms with Gasteiger partial charge in [-0.2, -0.15) is 0 Å². The fourth-order valence-electron chi connectivity index (χ4n) is 1.84. The molecule has 0 aliphatic heterocycles. The first-order valence-corrected chi connectivity index (χ1v) is 10.4. The smallest absolute Gasteiger partial charge is 0.0701 e. The zero-order chi connectivity index (χ0) is 16.8. The van der Waals surface area contributed by atoms with Gasteiger partial charge in [0, 0.05) is 11.0 Å². The summed E-state index contributed by atoms with van der Waals surface area (Å²) in [6.07, 6.45) is 6.38. The van der Waals surface area contributed by atoms with Crippen LogP contribution in [0.1, 0.15) is 39.0 Å². The Balaban J connectivity index is 2.92. The van der Waals surface area contributed by atoms with Gasteiger partial charge in [0.1, 0.15) is 0 Å². The van der Waals surface area contributed by atoms with E-state index >= 15 is 0 Å². The minimum absolute atomic E-state index is 0.601. The summed E-state index contributed by atoms with van der Waals surface area (Å²) in [4.78, 5) is 0. The molecule has 23 heavy (non-hydrogen) atoms. The van der Waals surface area contributed by atoms with Gasteiger partial charge in [0.2, 0.25) is 0 Å². The molecule has 0 unspecified atom stereocenters. The van der Waals surface area contributed by atoms with Crippen LogP contribution in [0.5, 0.6) is 0 Å². The van der Waals surface area contributed by atoms with Crippen LogP contribution in [0, 0.1) is 0 Å². The molecule has 0 aliphatic rings. The highest BCUT2D eigenvalue weighted by Gasteiger charge is 1.94. The number of hydrogen-bond donors (Lipinski definition) is 0. The summed E-state index contributed by atoms with van der Waals surface area (Å²) in [7, 11) is 0. The highest BCUT2D eigenvalue weighted by molar-refractivity contribution is 14.1. The predicted molar refractivity (Wildman–Crippen MR) is 102 cm³/mol. The lowest BCUT2D eigenvalue weighted by molar-refractivity contribution is -0.0102. The lowest BCUT2D eigenvalue weighted by Crippen LogP contribution is -2.13. The van der Waals surface area contributed by atoms with Crippen molar-refractivity contribution >= 4 is 22.6 Å². The molecule has 0 saturated heterocycles. The van der Waals surface area contributed by atoms with Crippen molar-refractivity contribution < 1.29 is 23.7 Å². The van der Waals surface area contributed by atoms with Crippen molar-refractivity contribution in [2.24, 2.45) is 0 Å². The van der Waals surface area contributed by atoms with E-state index in [4.69, 9.17) is 23.7 Å². The van der Waals surface area contributed by atoms with Crippen LogP contribution >= 0.6 is 22.6 Å². The Bertz CT molecular complexity index is 187. The van der Waals surface area contributed by atoms with Gasteiger partial charge >= 0.3 is 0 Å². The van der Waals surface area contributed by atoms with E-state index in [9.17, 15) is 0 Å². The number of halogens is 1. The normalized spacial score (nSPS) is 11.2. The quantitative estimate of drug-likeness (QED) is 0.163. The summed E-state index contributed by atoms with van der Waals surface area (Å²) in [6.45, 7) is 8.90. The van der Waals surface area contributed by atoms with Crippen LogP contribution in [-0.4, -0.2) is 70.5 Å². The predicted octanol–water partition coefficient (Wildman–Crippen LogP) is 3.47. The zero-order valence-corrected chi connectivity index (χ0v) is 16.9. The molecule has 0 saturated carbocycles. The standard InChI is InChI=1S/C17H35IO5/c1-2-3-4-5-6-8-19-10-12-21-14-16-23-17-15-22-13-11-20-9-7-18/h2-17H2,1H3. The van der Waals surface area contributed by atoms with Gasteiger partial charge in [0.15, 0.2) is 0 Å². The molecule has 0 N–H and O–H groups in total. The second-order valence-corrected chi connectivity index (χ2v) is 6.24. The minimum Gasteiger partial charge on any atom is -0.379 e. The van der Waals surface area contributed by atoms with E-state index < -0.39 is 0 Å². The van der Waals surface area contributed by atoms with E-state index in [1.807, 2.05) is 0 Å². The van der Waals surface area contributed by atoms with Gasteiger partial charge in [0.25, 0.3) is 0 Å². The topological polar surface area (TPSA) is 46.2 Å². The number of ether oxygens (including phenoxy) is 5. The monoisotopic (exact) mass is 446 g/mol. The maximum atomic E-state index is 5.52. The van der Waals surface area contributed by atoms with Crippen LogP contribution in [0.4, 0.5) is 0 Å². The summed E-state index contributed by atoms with van der Waals surface area (Å²) >= 11 is 2.29. The molecule has 0 radical (unpaired) electrons. The first kappa shape index (κ1) is 23.5. The largest absolute Gasteiger partial charge is 0.379 e. The Morgan fingerprint density at radius 3 is 1.30 bits per heavy atom. The van der Waals surface area contributed by atoms with Crippen molar-refractivity contribution in [2.45, 2.75) is 39.0 Å². The van der Waals surface area contributed by atoms with Crippen LogP contribution in [0.3, 0.4) is 0 Å². The second kappa shape index (κ2) is 22.5. The fourth-order valence-corrected chi connectivity index (χ4v) is 2.16. The molecule has 6 heteroatoms. The zero-order valence-electron chi connectivity index (χ0n) is 14.7. The summed E-state index contributed by atoms with van der Waals surface area (Å²) in [6, 6.07) is 0. The second-order valence-electron chi connectivity index (χ2n) is 5.17. The maximum Gasteiger partial charge on any atom is 0.0701 e. The SMILES string of the molecule is CCCCCCCOCCOCCOCCOCCOCCI. The minimum atomic E-state index is 0.601. The Labute approximate surface area is 155 Å². The highest BCUT2D eigenvalue weighted by atomic mass is 127.